The van der Waals surface area contributed by atoms with E-state index < -0.39 is 0 Å². The lowest BCUT2D eigenvalue weighted by Crippen LogP contribution is -2.41. The third kappa shape index (κ3) is 3.34. The summed E-state index contributed by atoms with van der Waals surface area (Å²) in [6.07, 6.45) is 2.56. The first kappa shape index (κ1) is 18.2. The van der Waals surface area contributed by atoms with Crippen LogP contribution < -0.4 is 10.1 Å². The van der Waals surface area contributed by atoms with Crippen LogP contribution in [0.3, 0.4) is 0 Å². The highest BCUT2D eigenvalue weighted by Crippen LogP contribution is 2.54. The maximum Gasteiger partial charge on any atom is 0.252 e. The zero-order valence-electron chi connectivity index (χ0n) is 15.9. The molecule has 1 aromatic heterocycles. The summed E-state index contributed by atoms with van der Waals surface area (Å²) in [4.78, 5) is 14.8. The largest absolute Gasteiger partial charge is 0.492 e. The second-order valence-corrected chi connectivity index (χ2v) is 8.93. The highest BCUT2D eigenvalue weighted by Gasteiger charge is 2.62. The van der Waals surface area contributed by atoms with Gasteiger partial charge in [0.25, 0.3) is 5.91 Å². The molecular formula is C22H26N2O3S. The van der Waals surface area contributed by atoms with E-state index in [4.69, 9.17) is 9.47 Å². The van der Waals surface area contributed by atoms with E-state index in [2.05, 4.69) is 10.2 Å². The molecule has 4 heterocycles. The number of carbonyl (C=O) groups excluding carboxylic acids is 1. The summed E-state index contributed by atoms with van der Waals surface area (Å²) in [6.45, 7) is 4.33. The number of amides is 1. The molecule has 4 atom stereocenters. The Labute approximate surface area is 169 Å². The number of carbonyl (C=O) groups is 1. The van der Waals surface area contributed by atoms with Gasteiger partial charge in [0.15, 0.2) is 0 Å². The fraction of sp³-hybridized carbons (Fsp3) is 0.500. The lowest BCUT2D eigenvalue weighted by Gasteiger charge is -2.29. The van der Waals surface area contributed by atoms with Gasteiger partial charge >= 0.3 is 0 Å². The first-order valence-electron chi connectivity index (χ1n) is 10.1. The van der Waals surface area contributed by atoms with Crippen molar-refractivity contribution in [1.82, 2.24) is 10.2 Å². The van der Waals surface area contributed by atoms with Crippen LogP contribution in [0.15, 0.2) is 47.2 Å². The monoisotopic (exact) mass is 398 g/mol. The van der Waals surface area contributed by atoms with Crippen molar-refractivity contribution >= 4 is 17.2 Å². The Morgan fingerprint density at radius 1 is 1.32 bits per heavy atom. The highest BCUT2D eigenvalue weighted by atomic mass is 32.1. The van der Waals surface area contributed by atoms with E-state index in [1.54, 1.807) is 11.3 Å². The number of hydrogen-bond donors (Lipinski definition) is 1. The minimum absolute atomic E-state index is 0.00477. The van der Waals surface area contributed by atoms with Gasteiger partial charge in [-0.15, -0.1) is 0 Å². The molecule has 0 aliphatic carbocycles. The first-order chi connectivity index (χ1) is 13.7. The number of rotatable bonds is 7. The predicted octanol–water partition coefficient (Wildman–Crippen LogP) is 3.04. The second-order valence-electron chi connectivity index (χ2n) is 8.15. The maximum atomic E-state index is 12.3. The minimum Gasteiger partial charge on any atom is -0.492 e. The molecule has 1 amide bonds. The normalized spacial score (nSPS) is 31.1. The zero-order chi connectivity index (χ0) is 19.0. The summed E-state index contributed by atoms with van der Waals surface area (Å²) in [5.41, 5.74) is 0.754. The quantitative estimate of drug-likeness (QED) is 0.779. The van der Waals surface area contributed by atoms with Crippen LogP contribution in [0.5, 0.6) is 5.75 Å². The molecule has 2 bridgehead atoms. The van der Waals surface area contributed by atoms with Crippen LogP contribution in [-0.2, 0) is 4.74 Å². The van der Waals surface area contributed by atoms with Crippen molar-refractivity contribution in [3.63, 3.8) is 0 Å². The third-order valence-electron chi connectivity index (χ3n) is 6.56. The van der Waals surface area contributed by atoms with E-state index in [1.165, 1.54) is 0 Å². The van der Waals surface area contributed by atoms with Gasteiger partial charge in [0, 0.05) is 49.0 Å². The molecule has 0 saturated carbocycles. The van der Waals surface area contributed by atoms with E-state index in [1.807, 2.05) is 47.2 Å². The van der Waals surface area contributed by atoms with E-state index in [0.29, 0.717) is 31.1 Å². The standard InChI is InChI=1S/C22H26N2O3S/c25-21(16-7-11-28-14-16)23-12-18-19-13-24(15-22(19)8-6-20(18)27-22)9-10-26-17-4-2-1-3-5-17/h1-5,7,11,14,18-20H,6,8-10,12-13,15H2,(H,23,25)/t18-,19+,20+,22+/m0/s1. The molecule has 1 spiro atoms. The van der Waals surface area contributed by atoms with Gasteiger partial charge in [-0.2, -0.15) is 11.3 Å². The van der Waals surface area contributed by atoms with Crippen LogP contribution in [0.25, 0.3) is 0 Å². The summed E-state index contributed by atoms with van der Waals surface area (Å²) in [7, 11) is 0. The second kappa shape index (κ2) is 7.50. The molecular weight excluding hydrogens is 372 g/mol. The van der Waals surface area contributed by atoms with Crippen LogP contribution in [0.2, 0.25) is 0 Å². The Morgan fingerprint density at radius 2 is 2.21 bits per heavy atom. The first-order valence-corrected chi connectivity index (χ1v) is 11.1. The Kier molecular flexibility index (Phi) is 4.87. The SMILES string of the molecule is O=C(NC[C@H]1[C@H]2CN(CCOc3ccccc3)C[C@]23CC[C@H]1O3)c1ccsc1. The van der Waals surface area contributed by atoms with E-state index in [9.17, 15) is 4.79 Å². The molecule has 0 radical (unpaired) electrons. The Balaban J connectivity index is 1.16. The molecule has 1 aromatic carbocycles. The molecule has 6 heteroatoms. The molecule has 3 aliphatic rings. The molecule has 28 heavy (non-hydrogen) atoms. The average molecular weight is 399 g/mol. The summed E-state index contributed by atoms with van der Waals surface area (Å²) in [5.74, 6) is 1.87. The minimum atomic E-state index is -0.00477. The predicted molar refractivity (Wildman–Crippen MR) is 109 cm³/mol. The Bertz CT molecular complexity index is 812. The number of nitrogens with one attached hydrogen (secondary N) is 1. The number of hydrogen-bond acceptors (Lipinski definition) is 5. The Hall–Kier alpha value is -1.89. The lowest BCUT2D eigenvalue weighted by atomic mass is 9.73. The number of benzene rings is 1. The molecule has 3 aliphatic heterocycles. The number of thiophene rings is 1. The van der Waals surface area contributed by atoms with Crippen molar-refractivity contribution < 1.29 is 14.3 Å². The van der Waals surface area contributed by atoms with E-state index >= 15 is 0 Å². The lowest BCUT2D eigenvalue weighted by molar-refractivity contribution is 0.00197. The van der Waals surface area contributed by atoms with Crippen LogP contribution >= 0.6 is 11.3 Å². The van der Waals surface area contributed by atoms with Gasteiger partial charge in [-0.25, -0.2) is 0 Å². The van der Waals surface area contributed by atoms with E-state index in [0.717, 1.165) is 43.8 Å². The summed E-state index contributed by atoms with van der Waals surface area (Å²) >= 11 is 1.55. The number of ether oxygens (including phenoxy) is 2. The molecule has 3 fully saturated rings. The molecule has 2 aromatic rings. The molecule has 5 nitrogen and oxygen atoms in total. The van der Waals surface area contributed by atoms with Crippen LogP contribution in [0, 0.1) is 11.8 Å². The number of nitrogens with zero attached hydrogens (tertiary/aromatic N) is 1. The number of fused-ring (bicyclic) bond motifs is 1. The fourth-order valence-electron chi connectivity index (χ4n) is 5.25. The number of likely N-dealkylation sites (tertiary alicyclic amines) is 1. The summed E-state index contributed by atoms with van der Waals surface area (Å²) < 4.78 is 12.4. The smallest absolute Gasteiger partial charge is 0.252 e. The van der Waals surface area contributed by atoms with Crippen molar-refractivity contribution in [3.05, 3.63) is 52.7 Å². The van der Waals surface area contributed by atoms with Gasteiger partial charge in [-0.3, -0.25) is 9.69 Å². The van der Waals surface area contributed by atoms with Gasteiger partial charge in [0.05, 0.1) is 11.7 Å². The van der Waals surface area contributed by atoms with Crippen molar-refractivity contribution in [2.24, 2.45) is 11.8 Å². The van der Waals surface area contributed by atoms with Crippen molar-refractivity contribution in [1.29, 1.82) is 0 Å². The van der Waals surface area contributed by atoms with E-state index in [-0.39, 0.29) is 11.5 Å². The molecule has 5 rings (SSSR count). The van der Waals surface area contributed by atoms with Gasteiger partial charge in [-0.1, -0.05) is 18.2 Å². The Morgan fingerprint density at radius 3 is 3.04 bits per heavy atom. The van der Waals surface area contributed by atoms with Crippen molar-refractivity contribution in [2.45, 2.75) is 24.5 Å². The van der Waals surface area contributed by atoms with Gasteiger partial charge in [0.1, 0.15) is 12.4 Å². The zero-order valence-corrected chi connectivity index (χ0v) is 16.7. The van der Waals surface area contributed by atoms with Crippen LogP contribution in [0.4, 0.5) is 0 Å². The number of para-hydroxylation sites is 1. The molecule has 148 valence electrons. The van der Waals surface area contributed by atoms with Gasteiger partial charge < -0.3 is 14.8 Å². The van der Waals surface area contributed by atoms with Crippen LogP contribution in [0.1, 0.15) is 23.2 Å². The highest BCUT2D eigenvalue weighted by molar-refractivity contribution is 7.08. The average Bonchev–Trinajstić information content (AvgIpc) is 3.48. The molecule has 0 unspecified atom stereocenters. The van der Waals surface area contributed by atoms with Gasteiger partial charge in [-0.05, 0) is 36.4 Å². The summed E-state index contributed by atoms with van der Waals surface area (Å²) in [5, 5.41) is 6.99. The third-order valence-corrected chi connectivity index (χ3v) is 7.24. The molecule has 1 N–H and O–H groups in total. The van der Waals surface area contributed by atoms with Crippen molar-refractivity contribution in [2.75, 3.05) is 32.8 Å². The molecule has 3 saturated heterocycles. The fourth-order valence-corrected chi connectivity index (χ4v) is 5.88. The topological polar surface area (TPSA) is 50.8 Å². The maximum absolute atomic E-state index is 12.3. The summed E-state index contributed by atoms with van der Waals surface area (Å²) in [6, 6.07) is 11.9. The van der Waals surface area contributed by atoms with Gasteiger partial charge in [0.2, 0.25) is 0 Å². The van der Waals surface area contributed by atoms with Crippen LogP contribution in [-0.4, -0.2) is 55.3 Å². The van der Waals surface area contributed by atoms with Crippen molar-refractivity contribution in [3.8, 4) is 5.75 Å².